The molecule has 1 aliphatic heterocycles. The number of carboxylic acids is 1. The third-order valence-electron chi connectivity index (χ3n) is 3.06. The topological polar surface area (TPSA) is 40.5 Å². The Morgan fingerprint density at radius 3 is 3.00 bits per heavy atom. The van der Waals surface area contributed by atoms with Crippen molar-refractivity contribution in [2.24, 2.45) is 0 Å². The van der Waals surface area contributed by atoms with Crippen LogP contribution in [0.1, 0.15) is 18.4 Å². The molecule has 0 spiro atoms. The summed E-state index contributed by atoms with van der Waals surface area (Å²) in [4.78, 5) is 13.4. The molecule has 92 valence electrons. The van der Waals surface area contributed by atoms with Crippen LogP contribution >= 0.6 is 11.8 Å². The van der Waals surface area contributed by atoms with Gasteiger partial charge >= 0.3 is 5.97 Å². The maximum atomic E-state index is 11.2. The fourth-order valence-electron chi connectivity index (χ4n) is 2.23. The van der Waals surface area contributed by atoms with E-state index in [9.17, 15) is 9.90 Å². The minimum absolute atomic E-state index is 0.363. The summed E-state index contributed by atoms with van der Waals surface area (Å²) in [6.07, 6.45) is 0. The van der Waals surface area contributed by atoms with Crippen LogP contribution in [-0.4, -0.2) is 35.7 Å². The third-order valence-corrected chi connectivity index (χ3v) is 3.94. The van der Waals surface area contributed by atoms with E-state index in [0.717, 1.165) is 29.3 Å². The smallest absolute Gasteiger partial charge is 0.312 e. The molecule has 1 aromatic carbocycles. The van der Waals surface area contributed by atoms with E-state index in [1.165, 1.54) is 0 Å². The molecule has 1 aliphatic rings. The molecule has 0 amide bonds. The minimum atomic E-state index is -0.719. The quantitative estimate of drug-likeness (QED) is 0.816. The van der Waals surface area contributed by atoms with Crippen LogP contribution in [-0.2, 0) is 4.79 Å². The van der Waals surface area contributed by atoms with Gasteiger partial charge in [0.25, 0.3) is 0 Å². The van der Waals surface area contributed by atoms with Crippen molar-refractivity contribution in [2.45, 2.75) is 12.8 Å². The third kappa shape index (κ3) is 2.57. The highest BCUT2D eigenvalue weighted by molar-refractivity contribution is 7.99. The Hall–Kier alpha value is -1.16. The average molecular weight is 251 g/mol. The molecule has 0 aliphatic carbocycles. The Morgan fingerprint density at radius 2 is 2.29 bits per heavy atom. The zero-order valence-corrected chi connectivity index (χ0v) is 10.7. The summed E-state index contributed by atoms with van der Waals surface area (Å²) in [6.45, 7) is 3.68. The first kappa shape index (κ1) is 12.3. The van der Waals surface area contributed by atoms with E-state index >= 15 is 0 Å². The summed E-state index contributed by atoms with van der Waals surface area (Å²) in [5, 5.41) is 9.22. The van der Waals surface area contributed by atoms with Gasteiger partial charge < -0.3 is 10.0 Å². The molecule has 0 aromatic heterocycles. The Bertz CT molecular complexity index is 408. The second-order valence-electron chi connectivity index (χ2n) is 4.09. The first-order chi connectivity index (χ1) is 8.24. The lowest BCUT2D eigenvalue weighted by molar-refractivity contribution is -0.138. The normalized spacial score (nSPS) is 18.2. The number of rotatable bonds is 5. The van der Waals surface area contributed by atoms with Crippen LogP contribution in [0.4, 0.5) is 5.69 Å². The molecule has 0 saturated heterocycles. The lowest BCUT2D eigenvalue weighted by Gasteiger charge is -2.18. The number of thioether (sulfide) groups is 1. The number of benzene rings is 1. The molecule has 1 atom stereocenters. The molecule has 0 radical (unpaired) electrons. The molecule has 17 heavy (non-hydrogen) atoms. The molecule has 1 unspecified atom stereocenters. The first-order valence-electron chi connectivity index (χ1n) is 5.88. The molecule has 4 heteroatoms. The fourth-order valence-corrected chi connectivity index (χ4v) is 2.87. The molecule has 1 N–H and O–H groups in total. The van der Waals surface area contributed by atoms with E-state index in [2.05, 4.69) is 11.8 Å². The SMILES string of the molecule is CCSCCN1CC(C(=O)O)c2ccccc21. The number of carbonyl (C=O) groups is 1. The highest BCUT2D eigenvalue weighted by Gasteiger charge is 2.32. The molecule has 3 nitrogen and oxygen atoms in total. The Balaban J connectivity index is 2.14. The Morgan fingerprint density at radius 1 is 1.53 bits per heavy atom. The maximum absolute atomic E-state index is 11.2. The second-order valence-corrected chi connectivity index (χ2v) is 5.49. The van der Waals surface area contributed by atoms with Gasteiger partial charge in [0, 0.05) is 24.5 Å². The fraction of sp³-hybridized carbons (Fsp3) is 0.462. The van der Waals surface area contributed by atoms with Gasteiger partial charge in [-0.25, -0.2) is 0 Å². The number of nitrogens with zero attached hydrogens (tertiary/aromatic N) is 1. The predicted molar refractivity (Wildman–Crippen MR) is 72.0 cm³/mol. The number of anilines is 1. The van der Waals surface area contributed by atoms with E-state index in [0.29, 0.717) is 6.54 Å². The van der Waals surface area contributed by atoms with Crippen molar-refractivity contribution in [3.05, 3.63) is 29.8 Å². The van der Waals surface area contributed by atoms with Crippen LogP contribution in [0.2, 0.25) is 0 Å². The Labute approximate surface area is 106 Å². The van der Waals surface area contributed by atoms with Crippen molar-refractivity contribution >= 4 is 23.4 Å². The van der Waals surface area contributed by atoms with Crippen LogP contribution in [0.15, 0.2) is 24.3 Å². The van der Waals surface area contributed by atoms with Crippen molar-refractivity contribution in [1.29, 1.82) is 0 Å². The molecule has 0 saturated carbocycles. The molecular weight excluding hydrogens is 234 g/mol. The molecule has 1 aromatic rings. The van der Waals surface area contributed by atoms with Gasteiger partial charge in [0.05, 0.1) is 0 Å². The van der Waals surface area contributed by atoms with Gasteiger partial charge in [-0.3, -0.25) is 4.79 Å². The lowest BCUT2D eigenvalue weighted by Crippen LogP contribution is -2.26. The van der Waals surface area contributed by atoms with Gasteiger partial charge in [-0.1, -0.05) is 25.1 Å². The first-order valence-corrected chi connectivity index (χ1v) is 7.04. The van der Waals surface area contributed by atoms with Gasteiger partial charge in [0.2, 0.25) is 0 Å². The van der Waals surface area contributed by atoms with Crippen molar-refractivity contribution in [3.8, 4) is 0 Å². The number of hydrogen-bond donors (Lipinski definition) is 1. The van der Waals surface area contributed by atoms with Crippen LogP contribution in [0.5, 0.6) is 0 Å². The van der Waals surface area contributed by atoms with Gasteiger partial charge in [-0.05, 0) is 17.4 Å². The summed E-state index contributed by atoms with van der Waals surface area (Å²) >= 11 is 1.89. The summed E-state index contributed by atoms with van der Waals surface area (Å²) in [7, 11) is 0. The number of fused-ring (bicyclic) bond motifs is 1. The number of carboxylic acid groups (broad SMARTS) is 1. The van der Waals surface area contributed by atoms with Crippen LogP contribution < -0.4 is 4.90 Å². The van der Waals surface area contributed by atoms with Crippen LogP contribution in [0.25, 0.3) is 0 Å². The average Bonchev–Trinajstić information content (AvgIpc) is 2.69. The largest absolute Gasteiger partial charge is 0.481 e. The van der Waals surface area contributed by atoms with Gasteiger partial charge in [0.15, 0.2) is 0 Å². The minimum Gasteiger partial charge on any atom is -0.481 e. The van der Waals surface area contributed by atoms with Gasteiger partial charge in [-0.2, -0.15) is 11.8 Å². The van der Waals surface area contributed by atoms with Crippen LogP contribution in [0.3, 0.4) is 0 Å². The number of aliphatic carboxylic acids is 1. The zero-order valence-electron chi connectivity index (χ0n) is 9.93. The van der Waals surface area contributed by atoms with Crippen molar-refractivity contribution in [2.75, 3.05) is 29.5 Å². The summed E-state index contributed by atoms with van der Waals surface area (Å²) in [5.74, 6) is 1.08. The molecule has 0 fully saturated rings. The molecule has 0 bridgehead atoms. The van der Waals surface area contributed by atoms with Crippen molar-refractivity contribution in [1.82, 2.24) is 0 Å². The summed E-state index contributed by atoms with van der Waals surface area (Å²) in [5.41, 5.74) is 2.05. The van der Waals surface area contributed by atoms with Crippen molar-refractivity contribution < 1.29 is 9.90 Å². The monoisotopic (exact) mass is 251 g/mol. The van der Waals surface area contributed by atoms with E-state index in [4.69, 9.17) is 0 Å². The highest BCUT2D eigenvalue weighted by Crippen LogP contribution is 2.36. The van der Waals surface area contributed by atoms with E-state index in [-0.39, 0.29) is 5.92 Å². The van der Waals surface area contributed by atoms with Gasteiger partial charge in [0.1, 0.15) is 5.92 Å². The standard InChI is InChI=1S/C13H17NO2S/c1-2-17-8-7-14-9-11(13(15)16)10-5-3-4-6-12(10)14/h3-6,11H,2,7-9H2,1H3,(H,15,16). The molecular formula is C13H17NO2S. The number of para-hydroxylation sites is 1. The van der Waals surface area contributed by atoms with E-state index in [1.54, 1.807) is 0 Å². The van der Waals surface area contributed by atoms with Gasteiger partial charge in [-0.15, -0.1) is 0 Å². The second kappa shape index (κ2) is 5.45. The maximum Gasteiger partial charge on any atom is 0.312 e. The number of hydrogen-bond acceptors (Lipinski definition) is 3. The predicted octanol–water partition coefficient (Wildman–Crippen LogP) is 2.43. The lowest BCUT2D eigenvalue weighted by atomic mass is 10.0. The van der Waals surface area contributed by atoms with Crippen molar-refractivity contribution in [3.63, 3.8) is 0 Å². The summed E-state index contributed by atoms with van der Waals surface area (Å²) < 4.78 is 0. The Kier molecular flexibility index (Phi) is 3.94. The molecule has 2 rings (SSSR count). The zero-order chi connectivity index (χ0) is 12.3. The van der Waals surface area contributed by atoms with E-state index in [1.807, 2.05) is 36.0 Å². The molecule has 1 heterocycles. The summed E-state index contributed by atoms with van der Waals surface area (Å²) in [6, 6.07) is 7.85. The van der Waals surface area contributed by atoms with E-state index < -0.39 is 5.97 Å². The van der Waals surface area contributed by atoms with Crippen LogP contribution in [0, 0.1) is 0 Å². The highest BCUT2D eigenvalue weighted by atomic mass is 32.2.